The fraction of sp³-hybridized carbons (Fsp3) is 0.200. The Morgan fingerprint density at radius 3 is 2.30 bits per heavy atom. The van der Waals surface area contributed by atoms with Gasteiger partial charge in [-0.05, 0) is 42.8 Å². The Bertz CT molecular complexity index is 584. The van der Waals surface area contributed by atoms with Gasteiger partial charge in [0.25, 0.3) is 7.37 Å². The van der Waals surface area contributed by atoms with E-state index < -0.39 is 7.37 Å². The van der Waals surface area contributed by atoms with Gasteiger partial charge in [0, 0.05) is 5.30 Å². The molecule has 0 saturated heterocycles. The van der Waals surface area contributed by atoms with Crippen LogP contribution in [0.1, 0.15) is 5.56 Å². The first-order valence-electron chi connectivity index (χ1n) is 6.41. The molecule has 0 spiro atoms. The molecule has 2 rings (SSSR count). The molecule has 5 heteroatoms. The number of nitrogens with two attached hydrogens (primary N) is 1. The van der Waals surface area contributed by atoms with E-state index in [1.165, 1.54) is 0 Å². The number of hydrogen-bond donors (Lipinski definition) is 2. The summed E-state index contributed by atoms with van der Waals surface area (Å²) in [5.41, 5.74) is 6.53. The minimum atomic E-state index is -3.50. The van der Waals surface area contributed by atoms with Crippen molar-refractivity contribution >= 4 is 12.7 Å². The van der Waals surface area contributed by atoms with Crippen molar-refractivity contribution in [1.82, 2.24) is 0 Å². The zero-order chi connectivity index (χ0) is 14.4. The summed E-state index contributed by atoms with van der Waals surface area (Å²) >= 11 is 0. The maximum absolute atomic E-state index is 12.3. The summed E-state index contributed by atoms with van der Waals surface area (Å²) in [5.74, 6) is 0.585. The molecule has 0 aliphatic heterocycles. The quantitative estimate of drug-likeness (QED) is 0.800. The standard InChI is InChI=1S/C15H18NO3P/c16-11-10-13-6-8-15(9-7-13)20(17,18)12-19-14-4-2-1-3-5-14/h1-9H,10-12,16H2,(H,17,18). The lowest BCUT2D eigenvalue weighted by molar-refractivity contribution is 0.355. The lowest BCUT2D eigenvalue weighted by Gasteiger charge is -2.13. The van der Waals surface area contributed by atoms with E-state index in [0.717, 1.165) is 12.0 Å². The molecule has 0 fully saturated rings. The first kappa shape index (κ1) is 14.8. The number of benzene rings is 2. The van der Waals surface area contributed by atoms with Crippen LogP contribution in [0.15, 0.2) is 54.6 Å². The van der Waals surface area contributed by atoms with E-state index >= 15 is 0 Å². The molecule has 1 atom stereocenters. The van der Waals surface area contributed by atoms with Gasteiger partial charge in [-0.2, -0.15) is 0 Å². The molecule has 3 N–H and O–H groups in total. The summed E-state index contributed by atoms with van der Waals surface area (Å²) in [7, 11) is -3.50. The molecule has 20 heavy (non-hydrogen) atoms. The van der Waals surface area contributed by atoms with Crippen LogP contribution in [0.25, 0.3) is 0 Å². The van der Waals surface area contributed by atoms with Gasteiger partial charge >= 0.3 is 0 Å². The highest BCUT2D eigenvalue weighted by Crippen LogP contribution is 2.39. The van der Waals surface area contributed by atoms with Crippen molar-refractivity contribution in [2.45, 2.75) is 6.42 Å². The molecular weight excluding hydrogens is 273 g/mol. The molecule has 4 nitrogen and oxygen atoms in total. The van der Waals surface area contributed by atoms with Crippen LogP contribution >= 0.6 is 7.37 Å². The van der Waals surface area contributed by atoms with E-state index in [9.17, 15) is 9.46 Å². The lowest BCUT2D eigenvalue weighted by atomic mass is 10.2. The maximum atomic E-state index is 12.3. The van der Waals surface area contributed by atoms with Crippen molar-refractivity contribution in [3.63, 3.8) is 0 Å². The van der Waals surface area contributed by atoms with Crippen LogP contribution in [0.3, 0.4) is 0 Å². The second kappa shape index (κ2) is 6.71. The average molecular weight is 291 g/mol. The molecule has 0 bridgehead atoms. The Kier molecular flexibility index (Phi) is 4.96. The third-order valence-corrected chi connectivity index (χ3v) is 4.51. The minimum Gasteiger partial charge on any atom is -0.483 e. The molecule has 0 amide bonds. The summed E-state index contributed by atoms with van der Waals surface area (Å²) in [6, 6.07) is 16.0. The molecule has 2 aromatic rings. The number of para-hydroxylation sites is 1. The second-order valence-corrected chi connectivity index (χ2v) is 6.67. The molecule has 0 aromatic heterocycles. The van der Waals surface area contributed by atoms with E-state index in [0.29, 0.717) is 17.6 Å². The van der Waals surface area contributed by atoms with Crippen LogP contribution in [-0.4, -0.2) is 17.8 Å². The van der Waals surface area contributed by atoms with Gasteiger partial charge in [0.2, 0.25) is 0 Å². The van der Waals surface area contributed by atoms with Gasteiger partial charge < -0.3 is 15.4 Å². The largest absolute Gasteiger partial charge is 0.483 e. The van der Waals surface area contributed by atoms with Gasteiger partial charge in [-0.25, -0.2) is 0 Å². The van der Waals surface area contributed by atoms with Crippen LogP contribution in [0.4, 0.5) is 0 Å². The van der Waals surface area contributed by atoms with E-state index in [2.05, 4.69) is 0 Å². The lowest BCUT2D eigenvalue weighted by Crippen LogP contribution is -2.11. The summed E-state index contributed by atoms with van der Waals surface area (Å²) in [6.45, 7) is 0.563. The smallest absolute Gasteiger partial charge is 0.265 e. The predicted octanol–water partition coefficient (Wildman–Crippen LogP) is 2.12. The zero-order valence-corrected chi connectivity index (χ0v) is 12.0. The Morgan fingerprint density at radius 2 is 1.70 bits per heavy atom. The molecule has 106 valence electrons. The Balaban J connectivity index is 2.04. The van der Waals surface area contributed by atoms with Gasteiger partial charge in [0.1, 0.15) is 5.75 Å². The van der Waals surface area contributed by atoms with Crippen molar-refractivity contribution in [1.29, 1.82) is 0 Å². The fourth-order valence-electron chi connectivity index (χ4n) is 1.82. The molecule has 1 unspecified atom stereocenters. The molecule has 0 aliphatic carbocycles. The molecule has 2 aromatic carbocycles. The Hall–Kier alpha value is -1.61. The van der Waals surface area contributed by atoms with Crippen molar-refractivity contribution in [2.24, 2.45) is 5.73 Å². The van der Waals surface area contributed by atoms with E-state index in [-0.39, 0.29) is 6.35 Å². The molecule has 0 heterocycles. The third-order valence-electron chi connectivity index (χ3n) is 2.92. The van der Waals surface area contributed by atoms with Crippen molar-refractivity contribution in [2.75, 3.05) is 12.9 Å². The number of ether oxygens (including phenoxy) is 1. The highest BCUT2D eigenvalue weighted by molar-refractivity contribution is 7.65. The summed E-state index contributed by atoms with van der Waals surface area (Å²) < 4.78 is 17.6. The van der Waals surface area contributed by atoms with Crippen LogP contribution in [-0.2, 0) is 11.0 Å². The molecular formula is C15H18NO3P. The molecule has 0 saturated carbocycles. The Labute approximate surface area is 118 Å². The van der Waals surface area contributed by atoms with Gasteiger partial charge in [-0.3, -0.25) is 4.57 Å². The summed E-state index contributed by atoms with van der Waals surface area (Å²) in [5, 5.41) is 0.397. The summed E-state index contributed by atoms with van der Waals surface area (Å²) in [4.78, 5) is 10.1. The zero-order valence-electron chi connectivity index (χ0n) is 11.1. The second-order valence-electron chi connectivity index (χ2n) is 4.49. The SMILES string of the molecule is NCCc1ccc(P(=O)(O)COc2ccccc2)cc1. The minimum absolute atomic E-state index is 0.229. The first-order valence-corrected chi connectivity index (χ1v) is 8.25. The van der Waals surface area contributed by atoms with Crippen LogP contribution in [0.5, 0.6) is 5.75 Å². The van der Waals surface area contributed by atoms with Gasteiger partial charge in [-0.15, -0.1) is 0 Å². The van der Waals surface area contributed by atoms with E-state index in [1.54, 1.807) is 24.3 Å². The molecule has 0 radical (unpaired) electrons. The monoisotopic (exact) mass is 291 g/mol. The van der Waals surface area contributed by atoms with Crippen LogP contribution in [0, 0.1) is 0 Å². The third kappa shape index (κ3) is 3.94. The normalized spacial score (nSPS) is 13.7. The van der Waals surface area contributed by atoms with Crippen molar-refractivity contribution in [3.05, 3.63) is 60.2 Å². The topological polar surface area (TPSA) is 72.6 Å². The van der Waals surface area contributed by atoms with E-state index in [4.69, 9.17) is 10.5 Å². The molecule has 0 aliphatic rings. The fourth-order valence-corrected chi connectivity index (χ4v) is 2.90. The maximum Gasteiger partial charge on any atom is 0.265 e. The van der Waals surface area contributed by atoms with Gasteiger partial charge in [0.05, 0.1) is 0 Å². The van der Waals surface area contributed by atoms with Crippen LogP contribution < -0.4 is 15.8 Å². The van der Waals surface area contributed by atoms with Crippen molar-refractivity contribution in [3.8, 4) is 5.75 Å². The van der Waals surface area contributed by atoms with Crippen molar-refractivity contribution < 1.29 is 14.2 Å². The van der Waals surface area contributed by atoms with E-state index in [1.807, 2.05) is 30.3 Å². The van der Waals surface area contributed by atoms with Crippen LogP contribution in [0.2, 0.25) is 0 Å². The highest BCUT2D eigenvalue weighted by Gasteiger charge is 2.22. The number of hydrogen-bond acceptors (Lipinski definition) is 3. The summed E-state index contributed by atoms with van der Waals surface area (Å²) in [6.07, 6.45) is 0.532. The van der Waals surface area contributed by atoms with Gasteiger partial charge in [-0.1, -0.05) is 30.3 Å². The average Bonchev–Trinajstić information content (AvgIpc) is 2.47. The predicted molar refractivity (Wildman–Crippen MR) is 80.6 cm³/mol. The first-order chi connectivity index (χ1) is 9.62. The Morgan fingerprint density at radius 1 is 1.05 bits per heavy atom. The number of rotatable bonds is 6. The highest BCUT2D eigenvalue weighted by atomic mass is 31.2. The van der Waals surface area contributed by atoms with Gasteiger partial charge in [0.15, 0.2) is 6.35 Å².